The molecule has 0 fully saturated rings. The van der Waals surface area contributed by atoms with E-state index in [9.17, 15) is 4.79 Å². The van der Waals surface area contributed by atoms with Crippen molar-refractivity contribution in [2.24, 2.45) is 0 Å². The zero-order valence-electron chi connectivity index (χ0n) is 12.1. The van der Waals surface area contributed by atoms with E-state index < -0.39 is 0 Å². The summed E-state index contributed by atoms with van der Waals surface area (Å²) in [4.78, 5) is 11.9. The van der Waals surface area contributed by atoms with Crippen molar-refractivity contribution in [3.05, 3.63) is 30.6 Å². The Morgan fingerprint density at radius 3 is 2.76 bits per heavy atom. The summed E-state index contributed by atoms with van der Waals surface area (Å²) < 4.78 is 7.25. The first-order valence-corrected chi connectivity index (χ1v) is 7.74. The van der Waals surface area contributed by atoms with Crippen molar-refractivity contribution in [1.82, 2.24) is 14.8 Å². The second-order valence-electron chi connectivity index (χ2n) is 4.19. The number of nitrogens with one attached hydrogen (secondary N) is 1. The number of benzene rings is 1. The number of aromatic nitrogens is 3. The molecule has 1 aromatic heterocycles. The van der Waals surface area contributed by atoms with Gasteiger partial charge in [-0.1, -0.05) is 11.8 Å². The topological polar surface area (TPSA) is 69.0 Å². The van der Waals surface area contributed by atoms with Crippen molar-refractivity contribution in [1.29, 1.82) is 0 Å². The minimum absolute atomic E-state index is 0.0742. The lowest BCUT2D eigenvalue weighted by atomic mass is 10.3. The summed E-state index contributed by atoms with van der Waals surface area (Å²) in [5.74, 6) is 1.02. The monoisotopic (exact) mass is 306 g/mol. The van der Waals surface area contributed by atoms with Crippen molar-refractivity contribution in [2.45, 2.75) is 25.5 Å². The highest BCUT2D eigenvalue weighted by Crippen LogP contribution is 2.17. The van der Waals surface area contributed by atoms with Gasteiger partial charge in [0, 0.05) is 12.2 Å². The largest absolute Gasteiger partial charge is 0.494 e. The van der Waals surface area contributed by atoms with Gasteiger partial charge >= 0.3 is 0 Å². The van der Waals surface area contributed by atoms with Gasteiger partial charge in [0.2, 0.25) is 5.91 Å². The molecule has 0 atom stereocenters. The maximum Gasteiger partial charge on any atom is 0.234 e. The fourth-order valence-electron chi connectivity index (χ4n) is 1.70. The van der Waals surface area contributed by atoms with Gasteiger partial charge in [-0.25, -0.2) is 0 Å². The van der Waals surface area contributed by atoms with Gasteiger partial charge in [0.15, 0.2) is 5.16 Å². The zero-order valence-corrected chi connectivity index (χ0v) is 12.9. The third kappa shape index (κ3) is 4.49. The van der Waals surface area contributed by atoms with E-state index in [2.05, 4.69) is 15.5 Å². The zero-order chi connectivity index (χ0) is 15.1. The molecule has 0 aliphatic carbocycles. The van der Waals surface area contributed by atoms with Crippen LogP contribution in [0.15, 0.2) is 35.7 Å². The smallest absolute Gasteiger partial charge is 0.234 e. The summed E-state index contributed by atoms with van der Waals surface area (Å²) in [6.45, 7) is 5.35. The summed E-state index contributed by atoms with van der Waals surface area (Å²) in [6.07, 6.45) is 1.66. The van der Waals surface area contributed by atoms with Crippen molar-refractivity contribution < 1.29 is 9.53 Å². The van der Waals surface area contributed by atoms with Gasteiger partial charge in [0.05, 0.1) is 12.4 Å². The van der Waals surface area contributed by atoms with Gasteiger partial charge in [-0.05, 0) is 38.1 Å². The fourth-order valence-corrected chi connectivity index (χ4v) is 2.48. The normalized spacial score (nSPS) is 10.4. The molecule has 1 heterocycles. The number of hydrogen-bond donors (Lipinski definition) is 1. The van der Waals surface area contributed by atoms with Gasteiger partial charge in [-0.3, -0.25) is 4.79 Å². The van der Waals surface area contributed by atoms with Gasteiger partial charge in [0.25, 0.3) is 0 Å². The molecule has 112 valence electrons. The Bertz CT molecular complexity index is 583. The lowest BCUT2D eigenvalue weighted by Crippen LogP contribution is -2.14. The molecule has 0 saturated carbocycles. The van der Waals surface area contributed by atoms with Crippen LogP contribution in [0.3, 0.4) is 0 Å². The van der Waals surface area contributed by atoms with Gasteiger partial charge in [0.1, 0.15) is 12.1 Å². The van der Waals surface area contributed by atoms with Crippen molar-refractivity contribution in [3.63, 3.8) is 0 Å². The highest BCUT2D eigenvalue weighted by atomic mass is 32.2. The summed E-state index contributed by atoms with van der Waals surface area (Å²) in [6, 6.07) is 7.31. The molecule has 0 bridgehead atoms. The molecule has 2 aromatic rings. The average molecular weight is 306 g/mol. The van der Waals surface area contributed by atoms with Crippen LogP contribution in [-0.4, -0.2) is 33.0 Å². The maximum absolute atomic E-state index is 11.9. The van der Waals surface area contributed by atoms with Gasteiger partial charge in [-0.2, -0.15) is 0 Å². The third-order valence-corrected chi connectivity index (χ3v) is 3.68. The molecule has 1 aromatic carbocycles. The molecular weight excluding hydrogens is 288 g/mol. The quantitative estimate of drug-likeness (QED) is 0.796. The maximum atomic E-state index is 11.9. The van der Waals surface area contributed by atoms with E-state index in [0.29, 0.717) is 12.4 Å². The highest BCUT2D eigenvalue weighted by Gasteiger charge is 2.08. The van der Waals surface area contributed by atoms with Crippen LogP contribution in [0.4, 0.5) is 5.69 Å². The standard InChI is InChI=1S/C14H18N4O2S/c1-3-18-10-15-17-14(18)21-9-13(19)16-11-5-7-12(8-6-11)20-4-2/h5-8,10H,3-4,9H2,1-2H3,(H,16,19). The van der Waals surface area contributed by atoms with Gasteiger partial charge < -0.3 is 14.6 Å². The lowest BCUT2D eigenvalue weighted by Gasteiger charge is -2.07. The molecule has 0 saturated heterocycles. The summed E-state index contributed by atoms with van der Waals surface area (Å²) in [7, 11) is 0. The van der Waals surface area contributed by atoms with Crippen molar-refractivity contribution in [2.75, 3.05) is 17.7 Å². The minimum atomic E-state index is -0.0742. The molecule has 0 aliphatic rings. The van der Waals surface area contributed by atoms with Crippen LogP contribution in [0.2, 0.25) is 0 Å². The number of carbonyl (C=O) groups is 1. The van der Waals surface area contributed by atoms with E-state index in [1.807, 2.05) is 42.7 Å². The molecule has 7 heteroatoms. The summed E-state index contributed by atoms with van der Waals surface area (Å²) in [5, 5.41) is 11.4. The SMILES string of the molecule is CCOc1ccc(NC(=O)CSc2nncn2CC)cc1. The number of rotatable bonds is 7. The number of hydrogen-bond acceptors (Lipinski definition) is 5. The Balaban J connectivity index is 1.84. The first-order valence-electron chi connectivity index (χ1n) is 6.76. The Kier molecular flexibility index (Phi) is 5.62. The van der Waals surface area contributed by atoms with Crippen LogP contribution >= 0.6 is 11.8 Å². The molecule has 6 nitrogen and oxygen atoms in total. The van der Waals surface area contributed by atoms with Crippen LogP contribution in [-0.2, 0) is 11.3 Å². The molecule has 0 unspecified atom stereocenters. The predicted octanol–water partition coefficient (Wildman–Crippen LogP) is 2.43. The number of nitrogens with zero attached hydrogens (tertiary/aromatic N) is 3. The Labute approximate surface area is 127 Å². The van der Waals surface area contributed by atoms with Gasteiger partial charge in [-0.15, -0.1) is 10.2 Å². The molecule has 1 amide bonds. The van der Waals surface area contributed by atoms with E-state index in [-0.39, 0.29) is 5.91 Å². The van der Waals surface area contributed by atoms with E-state index in [1.54, 1.807) is 6.33 Å². The van der Waals surface area contributed by atoms with Crippen LogP contribution in [0.5, 0.6) is 5.75 Å². The number of ether oxygens (including phenoxy) is 1. The van der Waals surface area contributed by atoms with Crippen molar-refractivity contribution in [3.8, 4) is 5.75 Å². The van der Waals surface area contributed by atoms with Crippen LogP contribution in [0.25, 0.3) is 0 Å². The average Bonchev–Trinajstić information content (AvgIpc) is 2.95. The number of aryl methyl sites for hydroxylation is 1. The molecule has 2 rings (SSSR count). The molecule has 0 spiro atoms. The number of carbonyl (C=O) groups excluding carboxylic acids is 1. The Morgan fingerprint density at radius 2 is 2.10 bits per heavy atom. The molecular formula is C14H18N4O2S. The molecule has 21 heavy (non-hydrogen) atoms. The van der Waals surface area contributed by atoms with E-state index in [4.69, 9.17) is 4.74 Å². The number of thioether (sulfide) groups is 1. The third-order valence-electron chi connectivity index (χ3n) is 2.70. The van der Waals surface area contributed by atoms with E-state index in [1.165, 1.54) is 11.8 Å². The number of anilines is 1. The first kappa shape index (κ1) is 15.4. The first-order chi connectivity index (χ1) is 10.2. The Hall–Kier alpha value is -2.02. The lowest BCUT2D eigenvalue weighted by molar-refractivity contribution is -0.113. The molecule has 0 radical (unpaired) electrons. The second-order valence-corrected chi connectivity index (χ2v) is 5.14. The minimum Gasteiger partial charge on any atom is -0.494 e. The van der Waals surface area contributed by atoms with E-state index >= 15 is 0 Å². The number of amides is 1. The van der Waals surface area contributed by atoms with E-state index in [0.717, 1.165) is 23.1 Å². The van der Waals surface area contributed by atoms with Crippen LogP contribution in [0, 0.1) is 0 Å². The van der Waals surface area contributed by atoms with Crippen molar-refractivity contribution >= 4 is 23.4 Å². The highest BCUT2D eigenvalue weighted by molar-refractivity contribution is 7.99. The molecule has 0 aliphatic heterocycles. The summed E-state index contributed by atoms with van der Waals surface area (Å²) in [5.41, 5.74) is 0.751. The second kappa shape index (κ2) is 7.68. The van der Waals surface area contributed by atoms with Crippen LogP contribution < -0.4 is 10.1 Å². The predicted molar refractivity (Wildman–Crippen MR) is 82.7 cm³/mol. The molecule has 1 N–H and O–H groups in total. The summed E-state index contributed by atoms with van der Waals surface area (Å²) >= 11 is 1.37. The fraction of sp³-hybridized carbons (Fsp3) is 0.357. The van der Waals surface area contributed by atoms with Crippen LogP contribution in [0.1, 0.15) is 13.8 Å². The Morgan fingerprint density at radius 1 is 1.33 bits per heavy atom.